The molecule has 8 heteroatoms. The normalized spacial score (nSPS) is 26.0. The van der Waals surface area contributed by atoms with Gasteiger partial charge >= 0.3 is 6.03 Å². The van der Waals surface area contributed by atoms with Gasteiger partial charge < -0.3 is 10.2 Å². The summed E-state index contributed by atoms with van der Waals surface area (Å²) in [5.41, 5.74) is 1.60. The van der Waals surface area contributed by atoms with Crippen molar-refractivity contribution < 1.29 is 17.6 Å². The Morgan fingerprint density at radius 3 is 2.59 bits per heavy atom. The molecule has 2 saturated heterocycles. The first-order valence-electron chi connectivity index (χ1n) is 9.78. The van der Waals surface area contributed by atoms with E-state index >= 15 is 0 Å². The zero-order valence-electron chi connectivity index (χ0n) is 15.4. The van der Waals surface area contributed by atoms with Crippen molar-refractivity contribution in [2.45, 2.75) is 50.6 Å². The smallest absolute Gasteiger partial charge is 0.317 e. The van der Waals surface area contributed by atoms with E-state index in [1.165, 1.54) is 6.07 Å². The number of nitrogens with one attached hydrogen (secondary N) is 1. The molecule has 0 aromatic heterocycles. The number of carbonyl (C=O) groups excluding carboxylic acids is 1. The van der Waals surface area contributed by atoms with Crippen molar-refractivity contribution in [3.8, 4) is 0 Å². The van der Waals surface area contributed by atoms with Crippen LogP contribution in [0.15, 0.2) is 18.2 Å². The molecule has 4 rings (SSSR count). The van der Waals surface area contributed by atoms with E-state index in [9.17, 15) is 17.6 Å². The van der Waals surface area contributed by atoms with Crippen molar-refractivity contribution in [3.05, 3.63) is 35.1 Å². The number of hydrogen-bond donors (Lipinski definition) is 1. The second kappa shape index (κ2) is 7.39. The largest absolute Gasteiger partial charge is 0.331 e. The van der Waals surface area contributed by atoms with E-state index in [2.05, 4.69) is 5.32 Å². The van der Waals surface area contributed by atoms with Gasteiger partial charge in [-0.05, 0) is 55.7 Å². The number of urea groups is 1. The molecule has 1 aliphatic carbocycles. The molecule has 0 bridgehead atoms. The second-order valence-corrected chi connectivity index (χ2v) is 9.74. The van der Waals surface area contributed by atoms with Gasteiger partial charge in [-0.25, -0.2) is 17.6 Å². The van der Waals surface area contributed by atoms with Gasteiger partial charge in [0.2, 0.25) is 10.0 Å². The Balaban J connectivity index is 1.36. The summed E-state index contributed by atoms with van der Waals surface area (Å²) >= 11 is 0. The molecule has 2 aliphatic heterocycles. The Morgan fingerprint density at radius 1 is 1.11 bits per heavy atom. The number of piperidine rings is 1. The molecule has 1 aromatic carbocycles. The van der Waals surface area contributed by atoms with Gasteiger partial charge in [0, 0.05) is 25.7 Å². The zero-order chi connectivity index (χ0) is 19.0. The van der Waals surface area contributed by atoms with Crippen LogP contribution in [0.1, 0.15) is 49.3 Å². The molecular formula is C19H26FN3O3S. The van der Waals surface area contributed by atoms with E-state index in [0.717, 1.165) is 18.4 Å². The maximum Gasteiger partial charge on any atom is 0.317 e. The van der Waals surface area contributed by atoms with Crippen LogP contribution in [-0.2, 0) is 16.4 Å². The van der Waals surface area contributed by atoms with E-state index in [0.29, 0.717) is 50.9 Å². The van der Waals surface area contributed by atoms with Gasteiger partial charge in [0.15, 0.2) is 0 Å². The fourth-order valence-electron chi connectivity index (χ4n) is 4.62. The summed E-state index contributed by atoms with van der Waals surface area (Å²) < 4.78 is 39.8. The van der Waals surface area contributed by atoms with E-state index < -0.39 is 10.0 Å². The van der Waals surface area contributed by atoms with Crippen molar-refractivity contribution in [1.29, 1.82) is 0 Å². The Labute approximate surface area is 159 Å². The molecule has 0 saturated carbocycles. The highest BCUT2D eigenvalue weighted by Gasteiger charge is 2.37. The molecule has 6 nitrogen and oxygen atoms in total. The molecule has 0 radical (unpaired) electrons. The van der Waals surface area contributed by atoms with Gasteiger partial charge in [-0.15, -0.1) is 0 Å². The second-order valence-electron chi connectivity index (χ2n) is 7.70. The molecule has 148 valence electrons. The van der Waals surface area contributed by atoms with E-state index in [4.69, 9.17) is 0 Å². The molecule has 1 N–H and O–H groups in total. The topological polar surface area (TPSA) is 69.7 Å². The minimum absolute atomic E-state index is 0.00560. The van der Waals surface area contributed by atoms with Gasteiger partial charge in [0.25, 0.3) is 0 Å². The van der Waals surface area contributed by atoms with Crippen LogP contribution in [0.25, 0.3) is 0 Å². The number of sulfonamides is 1. The monoisotopic (exact) mass is 395 g/mol. The highest BCUT2D eigenvalue weighted by atomic mass is 32.2. The van der Waals surface area contributed by atoms with Gasteiger partial charge in [-0.2, -0.15) is 4.31 Å². The molecule has 2 heterocycles. The highest BCUT2D eigenvalue weighted by Crippen LogP contribution is 2.31. The molecule has 1 unspecified atom stereocenters. The van der Waals surface area contributed by atoms with Gasteiger partial charge in [-0.1, -0.05) is 12.1 Å². The number of halogens is 1. The maximum atomic E-state index is 14.0. The molecule has 0 spiro atoms. The summed E-state index contributed by atoms with van der Waals surface area (Å²) in [4.78, 5) is 14.5. The number of likely N-dealkylation sites (tertiary alicyclic amines) is 1. The number of rotatable bonds is 2. The highest BCUT2D eigenvalue weighted by molar-refractivity contribution is 7.89. The first-order chi connectivity index (χ1) is 13.0. The molecule has 1 atom stereocenters. The number of benzene rings is 1. The SMILES string of the molecule is O=C(NC1CCCc2c(F)cccc21)N1CCC(N2CCCS2(=O)=O)CC1. The van der Waals surface area contributed by atoms with Crippen molar-refractivity contribution in [2.75, 3.05) is 25.4 Å². The van der Waals surface area contributed by atoms with Gasteiger partial charge in [0.05, 0.1) is 11.8 Å². The summed E-state index contributed by atoms with van der Waals surface area (Å²) in [6.45, 7) is 1.69. The number of hydrogen-bond acceptors (Lipinski definition) is 3. The van der Waals surface area contributed by atoms with E-state index in [-0.39, 0.29) is 29.7 Å². The summed E-state index contributed by atoms with van der Waals surface area (Å²) in [5.74, 6) is 0.0461. The first kappa shape index (κ1) is 18.7. The van der Waals surface area contributed by atoms with Crippen LogP contribution in [0, 0.1) is 5.82 Å². The number of nitrogens with zero attached hydrogens (tertiary/aromatic N) is 2. The van der Waals surface area contributed by atoms with Crippen molar-refractivity contribution in [2.24, 2.45) is 0 Å². The predicted octanol–water partition coefficient (Wildman–Crippen LogP) is 2.41. The van der Waals surface area contributed by atoms with Crippen LogP contribution in [0.3, 0.4) is 0 Å². The lowest BCUT2D eigenvalue weighted by molar-refractivity contribution is 0.156. The molecule has 3 aliphatic rings. The fourth-order valence-corrected chi connectivity index (χ4v) is 6.42. The molecule has 2 amide bonds. The van der Waals surface area contributed by atoms with Gasteiger partial charge in [-0.3, -0.25) is 0 Å². The third kappa shape index (κ3) is 3.69. The summed E-state index contributed by atoms with van der Waals surface area (Å²) in [6, 6.07) is 4.77. The summed E-state index contributed by atoms with van der Waals surface area (Å²) in [5, 5.41) is 3.06. The van der Waals surface area contributed by atoms with Crippen LogP contribution in [0.4, 0.5) is 9.18 Å². The summed E-state index contributed by atoms with van der Waals surface area (Å²) in [6.07, 6.45) is 4.41. The van der Waals surface area contributed by atoms with Crippen LogP contribution in [0.5, 0.6) is 0 Å². The number of fused-ring (bicyclic) bond motifs is 1. The average Bonchev–Trinajstić information content (AvgIpc) is 3.02. The standard InChI is InChI=1S/C19H26FN3O3S/c20-17-6-1-5-16-15(17)4-2-7-18(16)21-19(24)22-11-8-14(9-12-22)23-10-3-13-27(23,25)26/h1,5-6,14,18H,2-4,7-13H2,(H,21,24). The molecule has 1 aromatic rings. The molecule has 27 heavy (non-hydrogen) atoms. The van der Waals surface area contributed by atoms with Crippen LogP contribution in [-0.4, -0.2) is 55.1 Å². The Hall–Kier alpha value is -1.67. The van der Waals surface area contributed by atoms with Crippen molar-refractivity contribution in [1.82, 2.24) is 14.5 Å². The minimum Gasteiger partial charge on any atom is -0.331 e. The third-order valence-corrected chi connectivity index (χ3v) is 8.04. The number of carbonyl (C=O) groups is 1. The first-order valence-corrected chi connectivity index (χ1v) is 11.4. The lowest BCUT2D eigenvalue weighted by Crippen LogP contribution is -2.50. The van der Waals surface area contributed by atoms with Crippen molar-refractivity contribution in [3.63, 3.8) is 0 Å². The minimum atomic E-state index is -3.11. The Kier molecular flexibility index (Phi) is 5.11. The summed E-state index contributed by atoms with van der Waals surface area (Å²) in [7, 11) is -3.11. The third-order valence-electron chi connectivity index (χ3n) is 6.04. The van der Waals surface area contributed by atoms with E-state index in [1.807, 2.05) is 6.07 Å². The van der Waals surface area contributed by atoms with Crippen LogP contribution >= 0.6 is 0 Å². The predicted molar refractivity (Wildman–Crippen MR) is 100 cm³/mol. The van der Waals surface area contributed by atoms with Crippen LogP contribution in [0.2, 0.25) is 0 Å². The van der Waals surface area contributed by atoms with E-state index in [1.54, 1.807) is 15.3 Å². The van der Waals surface area contributed by atoms with Crippen molar-refractivity contribution >= 4 is 16.1 Å². The number of amides is 2. The zero-order valence-corrected chi connectivity index (χ0v) is 16.2. The lowest BCUT2D eigenvalue weighted by Gasteiger charge is -2.37. The van der Waals surface area contributed by atoms with Crippen LogP contribution < -0.4 is 5.32 Å². The molecular weight excluding hydrogens is 369 g/mol. The Morgan fingerprint density at radius 2 is 1.89 bits per heavy atom. The quantitative estimate of drug-likeness (QED) is 0.836. The average molecular weight is 396 g/mol. The fraction of sp³-hybridized carbons (Fsp3) is 0.632. The maximum absolute atomic E-state index is 14.0. The molecule has 2 fully saturated rings. The van der Waals surface area contributed by atoms with Gasteiger partial charge in [0.1, 0.15) is 5.82 Å². The Bertz CT molecular complexity index is 821. The lowest BCUT2D eigenvalue weighted by atomic mass is 9.87.